The van der Waals surface area contributed by atoms with Crippen molar-refractivity contribution in [1.29, 1.82) is 0 Å². The van der Waals surface area contributed by atoms with Gasteiger partial charge in [0.1, 0.15) is 0 Å². The van der Waals surface area contributed by atoms with Gasteiger partial charge in [0, 0.05) is 18.6 Å². The van der Waals surface area contributed by atoms with Gasteiger partial charge < -0.3 is 10.6 Å². The Labute approximate surface area is 106 Å². The maximum atomic E-state index is 6.22. The smallest absolute Gasteiger partial charge is 0.0424 e. The van der Waals surface area contributed by atoms with E-state index in [-0.39, 0.29) is 6.04 Å². The molecule has 0 aliphatic heterocycles. The second-order valence-corrected chi connectivity index (χ2v) is 5.44. The van der Waals surface area contributed by atoms with Crippen molar-refractivity contribution in [2.24, 2.45) is 11.7 Å². The molecule has 2 unspecified atom stereocenters. The molecule has 0 amide bonds. The fourth-order valence-corrected chi connectivity index (χ4v) is 2.16. The fourth-order valence-electron chi connectivity index (χ4n) is 2.16. The molecule has 17 heavy (non-hydrogen) atoms. The van der Waals surface area contributed by atoms with Gasteiger partial charge in [0.2, 0.25) is 0 Å². The van der Waals surface area contributed by atoms with Gasteiger partial charge in [-0.05, 0) is 31.9 Å². The summed E-state index contributed by atoms with van der Waals surface area (Å²) in [7, 11) is 2.16. The number of hydrogen-bond donors (Lipinski definition) is 1. The summed E-state index contributed by atoms with van der Waals surface area (Å²) >= 11 is 0. The van der Waals surface area contributed by atoms with Crippen LogP contribution in [0.1, 0.15) is 38.8 Å². The second-order valence-electron chi connectivity index (χ2n) is 5.44. The number of rotatable bonds is 6. The van der Waals surface area contributed by atoms with E-state index >= 15 is 0 Å². The summed E-state index contributed by atoms with van der Waals surface area (Å²) in [6, 6.07) is 11.0. The number of nitrogens with two attached hydrogens (primary N) is 1. The predicted octanol–water partition coefficient (Wildman–Crippen LogP) is 3.05. The summed E-state index contributed by atoms with van der Waals surface area (Å²) in [5, 5.41) is 0. The topological polar surface area (TPSA) is 29.3 Å². The van der Waals surface area contributed by atoms with Crippen LogP contribution >= 0.6 is 0 Å². The van der Waals surface area contributed by atoms with Crippen molar-refractivity contribution in [3.8, 4) is 0 Å². The number of nitrogens with zero attached hydrogens (tertiary/aromatic N) is 1. The van der Waals surface area contributed by atoms with Crippen LogP contribution in [0.15, 0.2) is 30.3 Å². The highest BCUT2D eigenvalue weighted by Gasteiger charge is 2.14. The second kappa shape index (κ2) is 6.77. The highest BCUT2D eigenvalue weighted by molar-refractivity contribution is 5.18. The average molecular weight is 234 g/mol. The lowest BCUT2D eigenvalue weighted by molar-refractivity contribution is 0.216. The number of benzene rings is 1. The summed E-state index contributed by atoms with van der Waals surface area (Å²) in [5.74, 6) is 0.736. The van der Waals surface area contributed by atoms with Gasteiger partial charge in [0.05, 0.1) is 0 Å². The molecule has 0 bridgehead atoms. The largest absolute Gasteiger partial charge is 0.323 e. The quantitative estimate of drug-likeness (QED) is 0.819. The van der Waals surface area contributed by atoms with E-state index in [0.717, 1.165) is 12.5 Å². The number of likely N-dealkylation sites (N-methyl/N-ethyl adjacent to an activating group) is 1. The highest BCUT2D eigenvalue weighted by Crippen LogP contribution is 2.15. The molecule has 0 aliphatic carbocycles. The van der Waals surface area contributed by atoms with E-state index in [1.807, 2.05) is 18.2 Å². The zero-order valence-electron chi connectivity index (χ0n) is 11.6. The van der Waals surface area contributed by atoms with Crippen molar-refractivity contribution in [1.82, 2.24) is 4.90 Å². The third-order valence-electron chi connectivity index (χ3n) is 3.28. The molecule has 1 aromatic carbocycles. The molecule has 1 rings (SSSR count). The molecule has 2 heteroatoms. The summed E-state index contributed by atoms with van der Waals surface area (Å²) in [6.07, 6.45) is 1.22. The minimum Gasteiger partial charge on any atom is -0.323 e. The van der Waals surface area contributed by atoms with E-state index in [0.29, 0.717) is 6.04 Å². The van der Waals surface area contributed by atoms with Crippen molar-refractivity contribution in [2.45, 2.75) is 39.3 Å². The molecule has 1 aromatic rings. The van der Waals surface area contributed by atoms with Crippen LogP contribution in [-0.2, 0) is 0 Å². The van der Waals surface area contributed by atoms with Crippen molar-refractivity contribution < 1.29 is 0 Å². The lowest BCUT2D eigenvalue weighted by Crippen LogP contribution is -2.36. The molecule has 2 atom stereocenters. The van der Waals surface area contributed by atoms with Gasteiger partial charge in [0.25, 0.3) is 0 Å². The fraction of sp³-hybridized carbons (Fsp3) is 0.600. The van der Waals surface area contributed by atoms with Crippen LogP contribution in [0.2, 0.25) is 0 Å². The maximum Gasteiger partial charge on any atom is 0.0424 e. The van der Waals surface area contributed by atoms with Crippen LogP contribution in [0.5, 0.6) is 0 Å². The molecule has 0 aliphatic rings. The normalized spacial score (nSPS) is 15.2. The third-order valence-corrected chi connectivity index (χ3v) is 3.28. The van der Waals surface area contributed by atoms with Crippen molar-refractivity contribution in [2.75, 3.05) is 13.6 Å². The first-order chi connectivity index (χ1) is 8.00. The molecular formula is C15H26N2. The monoisotopic (exact) mass is 234 g/mol. The van der Waals surface area contributed by atoms with Crippen molar-refractivity contribution in [3.05, 3.63) is 35.9 Å². The molecule has 0 radical (unpaired) electrons. The molecule has 2 N–H and O–H groups in total. The summed E-state index contributed by atoms with van der Waals surface area (Å²) in [6.45, 7) is 7.72. The first kappa shape index (κ1) is 14.2. The molecule has 2 nitrogen and oxygen atoms in total. The first-order valence-electron chi connectivity index (χ1n) is 6.51. The maximum absolute atomic E-state index is 6.22. The molecule has 96 valence electrons. The van der Waals surface area contributed by atoms with Crippen LogP contribution in [0.4, 0.5) is 0 Å². The summed E-state index contributed by atoms with van der Waals surface area (Å²) in [4.78, 5) is 2.36. The Balaban J connectivity index is 2.48. The first-order valence-corrected chi connectivity index (χ1v) is 6.51. The van der Waals surface area contributed by atoms with Gasteiger partial charge in [-0.3, -0.25) is 0 Å². The SMILES string of the molecule is CC(C)CC(C)N(C)CC(N)c1ccccc1. The lowest BCUT2D eigenvalue weighted by atomic mass is 10.0. The van der Waals surface area contributed by atoms with Gasteiger partial charge >= 0.3 is 0 Å². The van der Waals surface area contributed by atoms with Crippen LogP contribution in [0, 0.1) is 5.92 Å². The number of hydrogen-bond acceptors (Lipinski definition) is 2. The summed E-state index contributed by atoms with van der Waals surface area (Å²) < 4.78 is 0. The minimum absolute atomic E-state index is 0.107. The van der Waals surface area contributed by atoms with Gasteiger partial charge in [0.15, 0.2) is 0 Å². The lowest BCUT2D eigenvalue weighted by Gasteiger charge is -2.28. The van der Waals surface area contributed by atoms with Crippen LogP contribution in [0.3, 0.4) is 0 Å². The Kier molecular flexibility index (Phi) is 5.66. The van der Waals surface area contributed by atoms with Crippen LogP contribution in [0.25, 0.3) is 0 Å². The zero-order valence-corrected chi connectivity index (χ0v) is 11.6. The molecule has 0 saturated carbocycles. The third kappa shape index (κ3) is 4.88. The van der Waals surface area contributed by atoms with Crippen LogP contribution in [-0.4, -0.2) is 24.5 Å². The minimum atomic E-state index is 0.107. The van der Waals surface area contributed by atoms with Gasteiger partial charge in [-0.1, -0.05) is 44.2 Å². The Bertz CT molecular complexity index is 308. The molecule has 0 spiro atoms. The average Bonchev–Trinajstić information content (AvgIpc) is 2.29. The van der Waals surface area contributed by atoms with E-state index in [1.54, 1.807) is 0 Å². The van der Waals surface area contributed by atoms with Gasteiger partial charge in [-0.2, -0.15) is 0 Å². The Morgan fingerprint density at radius 1 is 1.12 bits per heavy atom. The predicted molar refractivity (Wildman–Crippen MR) is 74.9 cm³/mol. The molecular weight excluding hydrogens is 208 g/mol. The van der Waals surface area contributed by atoms with E-state index in [1.165, 1.54) is 12.0 Å². The zero-order chi connectivity index (χ0) is 12.8. The van der Waals surface area contributed by atoms with Crippen LogP contribution < -0.4 is 5.73 Å². The van der Waals surface area contributed by atoms with Gasteiger partial charge in [-0.15, -0.1) is 0 Å². The Morgan fingerprint density at radius 2 is 1.71 bits per heavy atom. The Morgan fingerprint density at radius 3 is 2.24 bits per heavy atom. The highest BCUT2D eigenvalue weighted by atomic mass is 15.1. The Hall–Kier alpha value is -0.860. The summed E-state index contributed by atoms with van der Waals surface area (Å²) in [5.41, 5.74) is 7.44. The van der Waals surface area contributed by atoms with Gasteiger partial charge in [-0.25, -0.2) is 0 Å². The van der Waals surface area contributed by atoms with Crippen molar-refractivity contribution in [3.63, 3.8) is 0 Å². The van der Waals surface area contributed by atoms with E-state index in [2.05, 4.69) is 44.9 Å². The molecule has 0 saturated heterocycles. The molecule has 0 heterocycles. The molecule has 0 aromatic heterocycles. The van der Waals surface area contributed by atoms with E-state index < -0.39 is 0 Å². The van der Waals surface area contributed by atoms with E-state index in [9.17, 15) is 0 Å². The van der Waals surface area contributed by atoms with E-state index in [4.69, 9.17) is 5.73 Å². The standard InChI is InChI=1S/C15H26N2/c1-12(2)10-13(3)17(4)11-15(16)14-8-6-5-7-9-14/h5-9,12-13,15H,10-11,16H2,1-4H3. The molecule has 0 fully saturated rings. The van der Waals surface area contributed by atoms with Crippen molar-refractivity contribution >= 4 is 0 Å².